The van der Waals surface area contributed by atoms with Crippen LogP contribution in [0.5, 0.6) is 17.2 Å². The first-order valence-corrected chi connectivity index (χ1v) is 4.61. The molecule has 0 radical (unpaired) electrons. The summed E-state index contributed by atoms with van der Waals surface area (Å²) in [5.74, 6) is -1.49. The molecule has 5 nitrogen and oxygen atoms in total. The molecule has 0 saturated heterocycles. The van der Waals surface area contributed by atoms with Crippen LogP contribution in [0.2, 0.25) is 0 Å². The van der Waals surface area contributed by atoms with Crippen LogP contribution in [0.1, 0.15) is 19.4 Å². The lowest BCUT2D eigenvalue weighted by molar-refractivity contribution is -0.134. The molecule has 0 atom stereocenters. The van der Waals surface area contributed by atoms with Gasteiger partial charge in [-0.3, -0.25) is 9.59 Å². The highest BCUT2D eigenvalue weighted by atomic mass is 16.6. The zero-order valence-electron chi connectivity index (χ0n) is 9.23. The van der Waals surface area contributed by atoms with Crippen molar-refractivity contribution < 1.29 is 24.2 Å². The van der Waals surface area contributed by atoms with E-state index in [0.29, 0.717) is 5.56 Å². The van der Waals surface area contributed by atoms with Gasteiger partial charge in [-0.1, -0.05) is 6.07 Å². The van der Waals surface area contributed by atoms with Gasteiger partial charge in [0, 0.05) is 13.8 Å². The summed E-state index contributed by atoms with van der Waals surface area (Å²) in [6.07, 6.45) is 0. The van der Waals surface area contributed by atoms with Gasteiger partial charge in [0.05, 0.1) is 0 Å². The van der Waals surface area contributed by atoms with E-state index in [9.17, 15) is 14.7 Å². The fraction of sp³-hybridized carbons (Fsp3) is 0.273. The second-order valence-corrected chi connectivity index (χ2v) is 3.25. The second kappa shape index (κ2) is 4.65. The lowest BCUT2D eigenvalue weighted by Gasteiger charge is -2.11. The van der Waals surface area contributed by atoms with Crippen molar-refractivity contribution in [2.75, 3.05) is 0 Å². The number of rotatable bonds is 2. The molecule has 0 aliphatic heterocycles. The molecule has 0 amide bonds. The molecule has 1 N–H and O–H groups in total. The quantitative estimate of drug-likeness (QED) is 0.609. The topological polar surface area (TPSA) is 72.8 Å². The summed E-state index contributed by atoms with van der Waals surface area (Å²) < 4.78 is 9.60. The van der Waals surface area contributed by atoms with E-state index in [0.717, 1.165) is 0 Å². The predicted molar refractivity (Wildman–Crippen MR) is 55.5 cm³/mol. The molecule has 0 fully saturated rings. The summed E-state index contributed by atoms with van der Waals surface area (Å²) in [5, 5.41) is 9.67. The zero-order chi connectivity index (χ0) is 12.3. The standard InChI is InChI=1S/C11H12O5/c1-6-4-5-9(15-7(2)12)11(10(6)14)16-8(3)13/h4-5,14H,1-3H3. The largest absolute Gasteiger partial charge is 0.504 e. The van der Waals surface area contributed by atoms with E-state index >= 15 is 0 Å². The molecule has 0 spiro atoms. The molecule has 0 unspecified atom stereocenters. The van der Waals surface area contributed by atoms with Crippen molar-refractivity contribution in [1.29, 1.82) is 0 Å². The predicted octanol–water partition coefficient (Wildman–Crippen LogP) is 1.55. The van der Waals surface area contributed by atoms with Crippen LogP contribution in [-0.4, -0.2) is 17.0 Å². The minimum absolute atomic E-state index is 0.0193. The van der Waals surface area contributed by atoms with Gasteiger partial charge in [0.25, 0.3) is 0 Å². The lowest BCUT2D eigenvalue weighted by atomic mass is 10.2. The third-order valence-electron chi connectivity index (χ3n) is 1.80. The normalized spacial score (nSPS) is 9.69. The molecule has 0 saturated carbocycles. The van der Waals surface area contributed by atoms with Gasteiger partial charge in [0.2, 0.25) is 5.75 Å². The van der Waals surface area contributed by atoms with Crippen molar-refractivity contribution in [3.8, 4) is 17.2 Å². The molecule has 0 bridgehead atoms. The van der Waals surface area contributed by atoms with Crippen molar-refractivity contribution in [2.45, 2.75) is 20.8 Å². The highest BCUT2D eigenvalue weighted by Crippen LogP contribution is 2.39. The molecule has 1 aromatic carbocycles. The van der Waals surface area contributed by atoms with Crippen LogP contribution in [0, 0.1) is 6.92 Å². The Bertz CT molecular complexity index is 436. The molecule has 86 valence electrons. The number of aromatic hydroxyl groups is 1. The summed E-state index contributed by atoms with van der Waals surface area (Å²) in [6, 6.07) is 3.01. The number of phenolic OH excluding ortho intramolecular Hbond substituents is 1. The fourth-order valence-corrected chi connectivity index (χ4v) is 1.13. The van der Waals surface area contributed by atoms with Gasteiger partial charge in [0.1, 0.15) is 0 Å². The minimum atomic E-state index is -0.602. The number of ether oxygens (including phenoxy) is 2. The molecule has 0 aliphatic rings. The molecule has 0 heterocycles. The highest BCUT2D eigenvalue weighted by Gasteiger charge is 2.16. The Labute approximate surface area is 92.6 Å². The molecule has 1 aromatic rings. The third-order valence-corrected chi connectivity index (χ3v) is 1.80. The van der Waals surface area contributed by atoms with E-state index in [-0.39, 0.29) is 17.2 Å². The van der Waals surface area contributed by atoms with Crippen molar-refractivity contribution in [2.24, 2.45) is 0 Å². The molecule has 16 heavy (non-hydrogen) atoms. The van der Waals surface area contributed by atoms with Crippen LogP contribution >= 0.6 is 0 Å². The maximum atomic E-state index is 10.8. The third kappa shape index (κ3) is 2.73. The number of carbonyl (C=O) groups excluding carboxylic acids is 2. The Morgan fingerprint density at radius 1 is 1.12 bits per heavy atom. The van der Waals surface area contributed by atoms with Gasteiger partial charge in [-0.05, 0) is 18.6 Å². The number of hydrogen-bond donors (Lipinski definition) is 1. The fourth-order valence-electron chi connectivity index (χ4n) is 1.13. The van der Waals surface area contributed by atoms with Crippen LogP contribution in [0.25, 0.3) is 0 Å². The van der Waals surface area contributed by atoms with Crippen molar-refractivity contribution in [3.63, 3.8) is 0 Å². The lowest BCUT2D eigenvalue weighted by Crippen LogP contribution is -2.07. The molecular formula is C11H12O5. The summed E-state index contributed by atoms with van der Waals surface area (Å²) in [7, 11) is 0. The smallest absolute Gasteiger partial charge is 0.308 e. The van der Waals surface area contributed by atoms with Gasteiger partial charge in [-0.25, -0.2) is 0 Å². The highest BCUT2D eigenvalue weighted by molar-refractivity contribution is 5.75. The van der Waals surface area contributed by atoms with Gasteiger partial charge in [-0.15, -0.1) is 0 Å². The number of phenols is 1. The van der Waals surface area contributed by atoms with E-state index in [1.54, 1.807) is 13.0 Å². The Morgan fingerprint density at radius 3 is 2.19 bits per heavy atom. The van der Waals surface area contributed by atoms with Gasteiger partial charge < -0.3 is 14.6 Å². The van der Waals surface area contributed by atoms with Gasteiger partial charge in [-0.2, -0.15) is 0 Å². The van der Waals surface area contributed by atoms with Crippen LogP contribution in [0.15, 0.2) is 12.1 Å². The number of benzene rings is 1. The van der Waals surface area contributed by atoms with E-state index < -0.39 is 11.9 Å². The maximum absolute atomic E-state index is 10.8. The molecule has 5 heteroatoms. The summed E-state index contributed by atoms with van der Waals surface area (Å²) in [5.41, 5.74) is 0.521. The Morgan fingerprint density at radius 2 is 1.69 bits per heavy atom. The van der Waals surface area contributed by atoms with E-state index in [2.05, 4.69) is 0 Å². The van der Waals surface area contributed by atoms with Gasteiger partial charge >= 0.3 is 11.9 Å². The number of esters is 2. The molecule has 0 aromatic heterocycles. The van der Waals surface area contributed by atoms with E-state index in [1.165, 1.54) is 19.9 Å². The first kappa shape index (κ1) is 12.0. The zero-order valence-corrected chi connectivity index (χ0v) is 9.23. The SMILES string of the molecule is CC(=O)Oc1ccc(C)c(O)c1OC(C)=O. The molecule has 1 rings (SSSR count). The van der Waals surface area contributed by atoms with Crippen LogP contribution in [0.4, 0.5) is 0 Å². The van der Waals surface area contributed by atoms with Crippen molar-refractivity contribution >= 4 is 11.9 Å². The van der Waals surface area contributed by atoms with Crippen LogP contribution < -0.4 is 9.47 Å². The average Bonchev–Trinajstić information content (AvgIpc) is 2.16. The van der Waals surface area contributed by atoms with Gasteiger partial charge in [0.15, 0.2) is 11.5 Å². The molecular weight excluding hydrogens is 212 g/mol. The summed E-state index contributed by atoms with van der Waals surface area (Å²) >= 11 is 0. The second-order valence-electron chi connectivity index (χ2n) is 3.25. The van der Waals surface area contributed by atoms with E-state index in [1.807, 2.05) is 0 Å². The summed E-state index contributed by atoms with van der Waals surface area (Å²) in [4.78, 5) is 21.6. The number of hydrogen-bond acceptors (Lipinski definition) is 5. The molecule has 0 aliphatic carbocycles. The Balaban J connectivity index is 3.20. The van der Waals surface area contributed by atoms with Crippen molar-refractivity contribution in [3.05, 3.63) is 17.7 Å². The first-order chi connectivity index (χ1) is 7.41. The Kier molecular flexibility index (Phi) is 3.50. The van der Waals surface area contributed by atoms with Crippen LogP contribution in [-0.2, 0) is 9.59 Å². The minimum Gasteiger partial charge on any atom is -0.504 e. The monoisotopic (exact) mass is 224 g/mol. The summed E-state index contributed by atoms with van der Waals surface area (Å²) in [6.45, 7) is 4.05. The maximum Gasteiger partial charge on any atom is 0.308 e. The van der Waals surface area contributed by atoms with E-state index in [4.69, 9.17) is 9.47 Å². The van der Waals surface area contributed by atoms with Crippen molar-refractivity contribution in [1.82, 2.24) is 0 Å². The average molecular weight is 224 g/mol. The number of carbonyl (C=O) groups is 2. The number of aryl methyl sites for hydroxylation is 1. The Hall–Kier alpha value is -2.04. The van der Waals surface area contributed by atoms with Crippen LogP contribution in [0.3, 0.4) is 0 Å². The first-order valence-electron chi connectivity index (χ1n) is 4.61.